The topological polar surface area (TPSA) is 24.8 Å². The summed E-state index contributed by atoms with van der Waals surface area (Å²) in [5, 5.41) is 2.37. The minimum absolute atomic E-state index is 0.145. The van der Waals surface area contributed by atoms with Gasteiger partial charge in [0.1, 0.15) is 5.75 Å². The lowest BCUT2D eigenvalue weighted by Crippen LogP contribution is -2.48. The van der Waals surface area contributed by atoms with Crippen molar-refractivity contribution in [3.63, 3.8) is 0 Å². The molecule has 156 valence electrons. The highest BCUT2D eigenvalue weighted by Crippen LogP contribution is 2.45. The van der Waals surface area contributed by atoms with Gasteiger partial charge in [-0.05, 0) is 55.7 Å². The van der Waals surface area contributed by atoms with E-state index in [1.807, 2.05) is 6.21 Å². The number of rotatable bonds is 5. The fourth-order valence-electron chi connectivity index (χ4n) is 4.91. The smallest absolute Gasteiger partial charge is 0.129 e. The van der Waals surface area contributed by atoms with Crippen LogP contribution in [0.1, 0.15) is 57.6 Å². The second-order valence-corrected chi connectivity index (χ2v) is 8.98. The zero-order valence-corrected chi connectivity index (χ0v) is 18.8. The van der Waals surface area contributed by atoms with E-state index >= 15 is 0 Å². The van der Waals surface area contributed by atoms with E-state index in [4.69, 9.17) is 9.73 Å². The van der Waals surface area contributed by atoms with Crippen LogP contribution in [0.5, 0.6) is 5.75 Å². The SMILES string of the molecule is CCCN1c2cc(OC)c(C=Nc3cccc4ccccc34)cc2C(C)CC1(C)C. The van der Waals surface area contributed by atoms with E-state index in [9.17, 15) is 0 Å². The van der Waals surface area contributed by atoms with Gasteiger partial charge in [-0.15, -0.1) is 0 Å². The van der Waals surface area contributed by atoms with Gasteiger partial charge in [-0.3, -0.25) is 4.99 Å². The number of anilines is 1. The van der Waals surface area contributed by atoms with Crippen molar-refractivity contribution >= 4 is 28.4 Å². The number of hydrogen-bond donors (Lipinski definition) is 0. The van der Waals surface area contributed by atoms with Crippen LogP contribution in [0.25, 0.3) is 10.8 Å². The number of benzene rings is 3. The van der Waals surface area contributed by atoms with E-state index in [-0.39, 0.29) is 5.54 Å². The Morgan fingerprint density at radius 1 is 1.13 bits per heavy atom. The normalized spacial score (nSPS) is 18.0. The molecule has 30 heavy (non-hydrogen) atoms. The highest BCUT2D eigenvalue weighted by Gasteiger charge is 2.36. The minimum Gasteiger partial charge on any atom is -0.496 e. The second kappa shape index (κ2) is 8.14. The fourth-order valence-corrected chi connectivity index (χ4v) is 4.91. The molecule has 0 N–H and O–H groups in total. The summed E-state index contributed by atoms with van der Waals surface area (Å²) in [6, 6.07) is 19.1. The van der Waals surface area contributed by atoms with Crippen LogP contribution in [0.3, 0.4) is 0 Å². The van der Waals surface area contributed by atoms with Crippen LogP contribution in [0.15, 0.2) is 59.6 Å². The summed E-state index contributed by atoms with van der Waals surface area (Å²) in [5.74, 6) is 1.38. The molecule has 1 heterocycles. The standard InChI is InChI=1S/C27H32N2O/c1-6-14-29-25-16-26(30-5)21(15-23(25)19(2)17-27(29,3)4)18-28-24-13-9-11-20-10-7-8-12-22(20)24/h7-13,15-16,18-19H,6,14,17H2,1-5H3. The zero-order chi connectivity index (χ0) is 21.3. The predicted octanol–water partition coefficient (Wildman–Crippen LogP) is 7.10. The van der Waals surface area contributed by atoms with Crippen molar-refractivity contribution in [2.45, 2.75) is 52.0 Å². The molecule has 0 aliphatic carbocycles. The summed E-state index contributed by atoms with van der Waals surface area (Å²) in [7, 11) is 1.75. The van der Waals surface area contributed by atoms with Crippen LogP contribution in [-0.2, 0) is 0 Å². The number of nitrogens with zero attached hydrogens (tertiary/aromatic N) is 2. The van der Waals surface area contributed by atoms with E-state index < -0.39 is 0 Å². The van der Waals surface area contributed by atoms with Gasteiger partial charge in [-0.25, -0.2) is 0 Å². The predicted molar refractivity (Wildman–Crippen MR) is 129 cm³/mol. The maximum atomic E-state index is 5.80. The highest BCUT2D eigenvalue weighted by atomic mass is 16.5. The molecule has 1 atom stereocenters. The zero-order valence-electron chi connectivity index (χ0n) is 18.8. The summed E-state index contributed by atoms with van der Waals surface area (Å²) < 4.78 is 5.80. The lowest BCUT2D eigenvalue weighted by molar-refractivity contribution is 0.372. The molecule has 4 rings (SSSR count). The molecule has 3 aromatic carbocycles. The van der Waals surface area contributed by atoms with E-state index in [0.29, 0.717) is 5.92 Å². The third-order valence-electron chi connectivity index (χ3n) is 6.29. The van der Waals surface area contributed by atoms with Gasteiger partial charge in [-0.2, -0.15) is 0 Å². The second-order valence-electron chi connectivity index (χ2n) is 8.98. The Bertz CT molecular complexity index is 1080. The Kier molecular flexibility index (Phi) is 5.55. The van der Waals surface area contributed by atoms with Crippen molar-refractivity contribution in [3.8, 4) is 5.75 Å². The monoisotopic (exact) mass is 400 g/mol. The summed E-state index contributed by atoms with van der Waals surface area (Å²) >= 11 is 0. The van der Waals surface area contributed by atoms with Gasteiger partial charge in [0.05, 0.1) is 12.8 Å². The van der Waals surface area contributed by atoms with E-state index in [1.165, 1.54) is 16.6 Å². The summed E-state index contributed by atoms with van der Waals surface area (Å²) in [6.07, 6.45) is 4.23. The van der Waals surface area contributed by atoms with Crippen LogP contribution in [-0.4, -0.2) is 25.4 Å². The average Bonchev–Trinajstić information content (AvgIpc) is 2.74. The van der Waals surface area contributed by atoms with Crippen molar-refractivity contribution in [2.24, 2.45) is 4.99 Å². The Morgan fingerprint density at radius 3 is 2.67 bits per heavy atom. The van der Waals surface area contributed by atoms with Crippen LogP contribution in [0, 0.1) is 0 Å². The quantitative estimate of drug-likeness (QED) is 0.427. The molecule has 3 heteroatoms. The first kappa shape index (κ1) is 20.5. The van der Waals surface area contributed by atoms with Crippen LogP contribution < -0.4 is 9.64 Å². The molecular weight excluding hydrogens is 368 g/mol. The van der Waals surface area contributed by atoms with Gasteiger partial charge in [0.25, 0.3) is 0 Å². The number of fused-ring (bicyclic) bond motifs is 2. The molecule has 0 fully saturated rings. The van der Waals surface area contributed by atoms with Gasteiger partial charge in [0.15, 0.2) is 0 Å². The highest BCUT2D eigenvalue weighted by molar-refractivity contribution is 5.96. The maximum absolute atomic E-state index is 5.80. The first-order valence-electron chi connectivity index (χ1n) is 11.0. The summed E-state index contributed by atoms with van der Waals surface area (Å²) in [4.78, 5) is 7.40. The van der Waals surface area contributed by atoms with Gasteiger partial charge in [0, 0.05) is 41.0 Å². The Balaban J connectivity index is 1.78. The third-order valence-corrected chi connectivity index (χ3v) is 6.29. The van der Waals surface area contributed by atoms with Gasteiger partial charge in [-0.1, -0.05) is 50.2 Å². The van der Waals surface area contributed by atoms with Crippen molar-refractivity contribution in [1.82, 2.24) is 0 Å². The number of hydrogen-bond acceptors (Lipinski definition) is 3. The fraction of sp³-hybridized carbons (Fsp3) is 0.370. The lowest BCUT2D eigenvalue weighted by atomic mass is 9.79. The van der Waals surface area contributed by atoms with Crippen LogP contribution in [0.4, 0.5) is 11.4 Å². The first-order chi connectivity index (χ1) is 14.4. The molecule has 0 saturated heterocycles. The van der Waals surface area contributed by atoms with E-state index in [1.54, 1.807) is 7.11 Å². The Labute approximate surface area is 180 Å². The number of ether oxygens (including phenoxy) is 1. The van der Waals surface area contributed by atoms with Gasteiger partial charge < -0.3 is 9.64 Å². The van der Waals surface area contributed by atoms with Gasteiger partial charge >= 0.3 is 0 Å². The molecule has 0 amide bonds. The Hall–Kier alpha value is -2.81. The number of aliphatic imine (C=N–C) groups is 1. The molecule has 1 aliphatic heterocycles. The van der Waals surface area contributed by atoms with Crippen molar-refractivity contribution in [1.29, 1.82) is 0 Å². The summed E-state index contributed by atoms with van der Waals surface area (Å²) in [6.45, 7) is 10.3. The molecule has 1 unspecified atom stereocenters. The van der Waals surface area contributed by atoms with Gasteiger partial charge in [0.2, 0.25) is 0 Å². The molecule has 0 radical (unpaired) electrons. The molecule has 0 saturated carbocycles. The largest absolute Gasteiger partial charge is 0.496 e. The van der Waals surface area contributed by atoms with Crippen LogP contribution >= 0.6 is 0 Å². The van der Waals surface area contributed by atoms with Crippen molar-refractivity contribution in [3.05, 3.63) is 65.7 Å². The lowest BCUT2D eigenvalue weighted by Gasteiger charge is -2.47. The maximum Gasteiger partial charge on any atom is 0.129 e. The third kappa shape index (κ3) is 3.69. The summed E-state index contributed by atoms with van der Waals surface area (Å²) in [5.41, 5.74) is 4.86. The van der Waals surface area contributed by atoms with Crippen molar-refractivity contribution < 1.29 is 4.74 Å². The molecule has 0 aromatic heterocycles. The Morgan fingerprint density at radius 2 is 1.90 bits per heavy atom. The molecule has 3 aromatic rings. The molecule has 1 aliphatic rings. The first-order valence-corrected chi connectivity index (χ1v) is 11.0. The number of methoxy groups -OCH3 is 1. The van der Waals surface area contributed by atoms with E-state index in [2.05, 4.69) is 87.2 Å². The minimum atomic E-state index is 0.145. The average molecular weight is 401 g/mol. The van der Waals surface area contributed by atoms with E-state index in [0.717, 1.165) is 41.8 Å². The molecule has 0 bridgehead atoms. The molecule has 3 nitrogen and oxygen atoms in total. The molecule has 0 spiro atoms. The molecular formula is C27H32N2O. The van der Waals surface area contributed by atoms with Crippen LogP contribution in [0.2, 0.25) is 0 Å². The van der Waals surface area contributed by atoms with Crippen molar-refractivity contribution in [2.75, 3.05) is 18.6 Å².